The lowest BCUT2D eigenvalue weighted by Crippen LogP contribution is -2.47. The summed E-state index contributed by atoms with van der Waals surface area (Å²) in [6.45, 7) is 7.56. The fourth-order valence-corrected chi connectivity index (χ4v) is 3.86. The molecule has 2 aliphatic rings. The van der Waals surface area contributed by atoms with Crippen LogP contribution in [0.4, 0.5) is 10.6 Å². The molecule has 0 unspecified atom stereocenters. The van der Waals surface area contributed by atoms with Crippen LogP contribution in [0.25, 0.3) is 0 Å². The molecule has 0 bridgehead atoms. The summed E-state index contributed by atoms with van der Waals surface area (Å²) in [5.41, 5.74) is -0.619. The van der Waals surface area contributed by atoms with Crippen molar-refractivity contribution in [2.24, 2.45) is 5.41 Å². The van der Waals surface area contributed by atoms with Crippen LogP contribution in [-0.2, 0) is 9.53 Å². The number of hydrogen-bond donors (Lipinski definition) is 1. The van der Waals surface area contributed by atoms with Crippen molar-refractivity contribution in [1.29, 1.82) is 0 Å². The van der Waals surface area contributed by atoms with Gasteiger partial charge in [-0.25, -0.2) is 9.78 Å². The van der Waals surface area contributed by atoms with E-state index in [-0.39, 0.29) is 17.4 Å². The SMILES string of the molecule is COc1cc(Br)nc(NC(=O)[C@@H]2C[C@@]3(C)C[C@H]3N2C(=O)OC(C)(C)C)c1. The quantitative estimate of drug-likeness (QED) is 0.748. The van der Waals surface area contributed by atoms with E-state index in [2.05, 4.69) is 33.2 Å². The fourth-order valence-electron chi connectivity index (χ4n) is 3.45. The van der Waals surface area contributed by atoms with E-state index >= 15 is 0 Å². The molecule has 0 radical (unpaired) electrons. The van der Waals surface area contributed by atoms with E-state index in [1.165, 1.54) is 0 Å². The first-order valence-corrected chi connectivity index (χ1v) is 9.35. The number of nitrogens with zero attached hydrogens (tertiary/aromatic N) is 2. The van der Waals surface area contributed by atoms with Gasteiger partial charge in [0.25, 0.3) is 0 Å². The monoisotopic (exact) mass is 425 g/mol. The molecule has 1 aliphatic carbocycles. The van der Waals surface area contributed by atoms with Crippen LogP contribution in [0.2, 0.25) is 0 Å². The number of nitrogens with one attached hydrogen (secondary N) is 1. The molecule has 2 heterocycles. The molecule has 1 saturated carbocycles. The Balaban J connectivity index is 1.77. The van der Waals surface area contributed by atoms with E-state index < -0.39 is 17.7 Å². The molecule has 142 valence electrons. The van der Waals surface area contributed by atoms with Crippen LogP contribution in [0.3, 0.4) is 0 Å². The summed E-state index contributed by atoms with van der Waals surface area (Å²) in [6, 6.07) is 2.82. The number of methoxy groups -OCH3 is 1. The van der Waals surface area contributed by atoms with Gasteiger partial charge in [0.05, 0.1) is 7.11 Å². The Kier molecular flexibility index (Phi) is 4.67. The maximum absolute atomic E-state index is 12.9. The standard InChI is InChI=1S/C18H24BrN3O4/c1-17(2,3)26-16(24)22-11(8-18(4)9-12(18)22)15(23)21-14-7-10(25-5)6-13(19)20-14/h6-7,11-12H,8-9H2,1-5H3,(H,20,21,23)/t11-,12+,18-/m0/s1. The Morgan fingerprint density at radius 2 is 2.04 bits per heavy atom. The number of fused-ring (bicyclic) bond motifs is 1. The lowest BCUT2D eigenvalue weighted by Gasteiger charge is -2.29. The minimum absolute atomic E-state index is 0.0126. The van der Waals surface area contributed by atoms with E-state index in [1.807, 2.05) is 20.8 Å². The van der Waals surface area contributed by atoms with Crippen molar-refractivity contribution >= 4 is 33.7 Å². The normalized spacial score (nSPS) is 26.9. The average Bonchev–Trinajstić information content (AvgIpc) is 3.05. The first-order valence-electron chi connectivity index (χ1n) is 8.56. The summed E-state index contributed by atoms with van der Waals surface area (Å²) in [7, 11) is 1.54. The van der Waals surface area contributed by atoms with Crippen LogP contribution in [0, 0.1) is 5.41 Å². The van der Waals surface area contributed by atoms with E-state index in [4.69, 9.17) is 9.47 Å². The summed E-state index contributed by atoms with van der Waals surface area (Å²) >= 11 is 3.29. The van der Waals surface area contributed by atoms with Gasteiger partial charge in [-0.05, 0) is 55.0 Å². The number of anilines is 1. The third-order valence-corrected chi connectivity index (χ3v) is 5.20. The first kappa shape index (κ1) is 18.9. The number of pyridine rings is 1. The second-order valence-corrected chi connectivity index (χ2v) is 9.00. The molecule has 1 aromatic rings. The molecule has 8 heteroatoms. The number of carbonyl (C=O) groups excluding carboxylic acids is 2. The third kappa shape index (κ3) is 3.79. The molecular formula is C18H24BrN3O4. The molecule has 7 nitrogen and oxygen atoms in total. The van der Waals surface area contributed by atoms with Crippen LogP contribution in [0.15, 0.2) is 16.7 Å². The topological polar surface area (TPSA) is 80.8 Å². The molecule has 1 N–H and O–H groups in total. The number of halogens is 1. The lowest BCUT2D eigenvalue weighted by molar-refractivity contribution is -0.121. The molecule has 2 amide bonds. The minimum Gasteiger partial charge on any atom is -0.497 e. The highest BCUT2D eigenvalue weighted by Crippen LogP contribution is 2.59. The molecule has 0 aromatic carbocycles. The molecule has 1 saturated heterocycles. The van der Waals surface area contributed by atoms with Gasteiger partial charge in [0.2, 0.25) is 5.91 Å². The zero-order valence-electron chi connectivity index (χ0n) is 15.6. The molecule has 3 atom stereocenters. The number of carbonyl (C=O) groups is 2. The highest BCUT2D eigenvalue weighted by molar-refractivity contribution is 9.10. The van der Waals surface area contributed by atoms with E-state index in [1.54, 1.807) is 24.1 Å². The van der Waals surface area contributed by atoms with Gasteiger partial charge >= 0.3 is 6.09 Å². The molecule has 1 aromatic heterocycles. The number of rotatable bonds is 3. The Hall–Kier alpha value is -1.83. The Bertz CT molecular complexity index is 748. The smallest absolute Gasteiger partial charge is 0.411 e. The van der Waals surface area contributed by atoms with Crippen LogP contribution < -0.4 is 10.1 Å². The van der Waals surface area contributed by atoms with Gasteiger partial charge in [-0.3, -0.25) is 9.69 Å². The number of piperidine rings is 1. The van der Waals surface area contributed by atoms with E-state index in [9.17, 15) is 9.59 Å². The van der Waals surface area contributed by atoms with E-state index in [0.29, 0.717) is 22.6 Å². The number of aromatic nitrogens is 1. The lowest BCUT2D eigenvalue weighted by atomic mass is 10.0. The summed E-state index contributed by atoms with van der Waals surface area (Å²) in [6.07, 6.45) is 1.08. The van der Waals surface area contributed by atoms with Crippen molar-refractivity contribution < 1.29 is 19.1 Å². The number of ether oxygens (including phenoxy) is 2. The molecule has 1 aliphatic heterocycles. The maximum atomic E-state index is 12.9. The zero-order valence-corrected chi connectivity index (χ0v) is 17.2. The van der Waals surface area contributed by atoms with Crippen LogP contribution in [-0.4, -0.2) is 46.7 Å². The maximum Gasteiger partial charge on any atom is 0.411 e. The van der Waals surface area contributed by atoms with E-state index in [0.717, 1.165) is 6.42 Å². The van der Waals surface area contributed by atoms with Gasteiger partial charge in [-0.2, -0.15) is 0 Å². The minimum atomic E-state index is -0.606. The highest BCUT2D eigenvalue weighted by Gasteiger charge is 2.65. The van der Waals surface area contributed by atoms with Crippen molar-refractivity contribution in [3.05, 3.63) is 16.7 Å². The number of hydrogen-bond acceptors (Lipinski definition) is 5. The van der Waals surface area contributed by atoms with Crippen molar-refractivity contribution in [2.75, 3.05) is 12.4 Å². The van der Waals surface area contributed by atoms with Gasteiger partial charge in [0.1, 0.15) is 27.8 Å². The summed E-state index contributed by atoms with van der Waals surface area (Å²) < 4.78 is 11.3. The predicted octanol–water partition coefficient (Wildman–Crippen LogP) is 3.58. The molecule has 3 rings (SSSR count). The number of amides is 2. The fraction of sp³-hybridized carbons (Fsp3) is 0.611. The summed E-state index contributed by atoms with van der Waals surface area (Å²) in [4.78, 5) is 31.3. The van der Waals surface area contributed by atoms with Gasteiger partial charge in [0.15, 0.2) is 0 Å². The Morgan fingerprint density at radius 1 is 1.35 bits per heavy atom. The summed E-state index contributed by atoms with van der Waals surface area (Å²) in [5.74, 6) is 0.681. The Labute approximate surface area is 161 Å². The van der Waals surface area contributed by atoms with Crippen molar-refractivity contribution in [3.63, 3.8) is 0 Å². The molecule has 0 spiro atoms. The van der Waals surface area contributed by atoms with Gasteiger partial charge in [-0.1, -0.05) is 6.92 Å². The largest absolute Gasteiger partial charge is 0.497 e. The van der Waals surface area contributed by atoms with Gasteiger partial charge in [0, 0.05) is 18.2 Å². The molecular weight excluding hydrogens is 402 g/mol. The van der Waals surface area contributed by atoms with Crippen LogP contribution in [0.5, 0.6) is 5.75 Å². The first-order chi connectivity index (χ1) is 12.0. The molecule has 26 heavy (non-hydrogen) atoms. The molecule has 2 fully saturated rings. The second-order valence-electron chi connectivity index (χ2n) is 8.19. The zero-order chi connectivity index (χ0) is 19.3. The number of likely N-dealkylation sites (tertiary alicyclic amines) is 1. The van der Waals surface area contributed by atoms with Crippen molar-refractivity contribution in [1.82, 2.24) is 9.88 Å². The summed E-state index contributed by atoms with van der Waals surface area (Å²) in [5, 5.41) is 2.80. The van der Waals surface area contributed by atoms with Crippen molar-refractivity contribution in [2.45, 2.75) is 58.2 Å². The third-order valence-electron chi connectivity index (χ3n) is 4.80. The average molecular weight is 426 g/mol. The van der Waals surface area contributed by atoms with Gasteiger partial charge in [-0.15, -0.1) is 0 Å². The Morgan fingerprint density at radius 3 is 2.65 bits per heavy atom. The van der Waals surface area contributed by atoms with Gasteiger partial charge < -0.3 is 14.8 Å². The second kappa shape index (κ2) is 6.40. The predicted molar refractivity (Wildman–Crippen MR) is 100 cm³/mol. The van der Waals surface area contributed by atoms with Crippen LogP contribution in [0.1, 0.15) is 40.5 Å². The van der Waals surface area contributed by atoms with Crippen molar-refractivity contribution in [3.8, 4) is 5.75 Å². The van der Waals surface area contributed by atoms with Crippen LogP contribution >= 0.6 is 15.9 Å². The highest BCUT2D eigenvalue weighted by atomic mass is 79.9.